The maximum atomic E-state index is 12.9. The van der Waals surface area contributed by atoms with E-state index in [0.717, 1.165) is 10.0 Å². The summed E-state index contributed by atoms with van der Waals surface area (Å²) in [5.74, 6) is 0. The summed E-state index contributed by atoms with van der Waals surface area (Å²) < 4.78 is 28.6. The van der Waals surface area contributed by atoms with Crippen LogP contribution in [0.1, 0.15) is 26.3 Å². The summed E-state index contributed by atoms with van der Waals surface area (Å²) >= 11 is 6.75. The lowest BCUT2D eigenvalue weighted by molar-refractivity contribution is 0.273. The van der Waals surface area contributed by atoms with Gasteiger partial charge in [0, 0.05) is 22.0 Å². The predicted molar refractivity (Wildman–Crippen MR) is 93.8 cm³/mol. The van der Waals surface area contributed by atoms with Crippen molar-refractivity contribution in [3.05, 3.63) is 26.6 Å². The molecule has 0 aliphatic rings. The smallest absolute Gasteiger partial charge is 0.244 e. The van der Waals surface area contributed by atoms with Gasteiger partial charge in [-0.05, 0) is 52.5 Å². The Balaban J connectivity index is 3.29. The Hall–Kier alpha value is 0.0500. The highest BCUT2D eigenvalue weighted by atomic mass is 79.9. The molecule has 4 nitrogen and oxygen atoms in total. The van der Waals surface area contributed by atoms with E-state index in [1.807, 2.05) is 27.7 Å². The van der Waals surface area contributed by atoms with Crippen molar-refractivity contribution in [1.82, 2.24) is 4.31 Å². The number of sulfonamides is 1. The van der Waals surface area contributed by atoms with Gasteiger partial charge in [-0.25, -0.2) is 8.42 Å². The molecule has 0 atom stereocenters. The fourth-order valence-electron chi connectivity index (χ4n) is 1.87. The van der Waals surface area contributed by atoms with Crippen LogP contribution in [0.2, 0.25) is 0 Å². The first-order valence-electron chi connectivity index (χ1n) is 6.71. The van der Waals surface area contributed by atoms with Crippen LogP contribution in [0.15, 0.2) is 26.0 Å². The Labute approximate surface area is 144 Å². The van der Waals surface area contributed by atoms with E-state index in [1.165, 1.54) is 4.31 Å². The zero-order chi connectivity index (χ0) is 16.4. The lowest BCUT2D eigenvalue weighted by Gasteiger charge is -2.30. The van der Waals surface area contributed by atoms with E-state index in [9.17, 15) is 8.42 Å². The van der Waals surface area contributed by atoms with Crippen LogP contribution in [0.3, 0.4) is 0 Å². The first-order chi connectivity index (χ1) is 9.55. The van der Waals surface area contributed by atoms with Gasteiger partial charge in [-0.3, -0.25) is 0 Å². The molecule has 0 aromatic heterocycles. The normalized spacial score (nSPS) is 13.0. The molecule has 0 amide bonds. The van der Waals surface area contributed by atoms with Crippen molar-refractivity contribution in [3.63, 3.8) is 0 Å². The largest absolute Gasteiger partial charge is 0.330 e. The molecule has 0 bridgehead atoms. The number of hydrogen-bond acceptors (Lipinski definition) is 3. The first-order valence-corrected chi connectivity index (χ1v) is 9.73. The third-order valence-electron chi connectivity index (χ3n) is 3.34. The summed E-state index contributed by atoms with van der Waals surface area (Å²) in [5, 5.41) is 0. The van der Waals surface area contributed by atoms with Gasteiger partial charge in [-0.2, -0.15) is 4.31 Å². The van der Waals surface area contributed by atoms with Gasteiger partial charge < -0.3 is 5.73 Å². The van der Waals surface area contributed by atoms with Crippen LogP contribution in [0.25, 0.3) is 0 Å². The molecule has 0 fully saturated rings. The van der Waals surface area contributed by atoms with Gasteiger partial charge >= 0.3 is 0 Å². The monoisotopic (exact) mass is 440 g/mol. The molecule has 1 rings (SSSR count). The quantitative estimate of drug-likeness (QED) is 0.734. The zero-order valence-electron chi connectivity index (χ0n) is 12.8. The second-order valence-corrected chi connectivity index (χ2v) is 9.45. The lowest BCUT2D eigenvalue weighted by atomic mass is 9.94. The number of halogens is 2. The molecule has 7 heteroatoms. The van der Waals surface area contributed by atoms with Gasteiger partial charge in [0.25, 0.3) is 0 Å². The molecule has 21 heavy (non-hydrogen) atoms. The average Bonchev–Trinajstić information content (AvgIpc) is 2.39. The van der Waals surface area contributed by atoms with Crippen molar-refractivity contribution in [2.75, 3.05) is 19.6 Å². The Morgan fingerprint density at radius 3 is 2.29 bits per heavy atom. The number of aryl methyl sites for hydroxylation is 1. The van der Waals surface area contributed by atoms with Crippen molar-refractivity contribution in [2.24, 2.45) is 11.1 Å². The van der Waals surface area contributed by atoms with E-state index in [4.69, 9.17) is 5.73 Å². The highest BCUT2D eigenvalue weighted by molar-refractivity contribution is 9.11. The average molecular weight is 442 g/mol. The van der Waals surface area contributed by atoms with Crippen LogP contribution in [0.5, 0.6) is 0 Å². The molecule has 0 radical (unpaired) electrons. The van der Waals surface area contributed by atoms with Gasteiger partial charge in [-0.1, -0.05) is 36.7 Å². The molecule has 0 saturated heterocycles. The molecule has 1 aromatic rings. The van der Waals surface area contributed by atoms with E-state index < -0.39 is 10.0 Å². The molecule has 0 spiro atoms. The standard InChI is InChI=1S/C14H22Br2N2O2S/c1-5-18(9-14(3,4)8-17)21(19,20)13-7-11(15)10(2)6-12(13)16/h6-7H,5,8-9,17H2,1-4H3. The maximum absolute atomic E-state index is 12.9. The van der Waals surface area contributed by atoms with Crippen LogP contribution in [0.4, 0.5) is 0 Å². The number of rotatable bonds is 6. The number of nitrogens with two attached hydrogens (primary N) is 1. The van der Waals surface area contributed by atoms with Gasteiger partial charge in [-0.15, -0.1) is 0 Å². The van der Waals surface area contributed by atoms with Crippen molar-refractivity contribution in [1.29, 1.82) is 0 Å². The maximum Gasteiger partial charge on any atom is 0.244 e. The van der Waals surface area contributed by atoms with Crippen LogP contribution in [0, 0.1) is 12.3 Å². The molecular weight excluding hydrogens is 420 g/mol. The summed E-state index contributed by atoms with van der Waals surface area (Å²) in [5.41, 5.74) is 6.44. The second kappa shape index (κ2) is 7.08. The summed E-state index contributed by atoms with van der Waals surface area (Å²) in [4.78, 5) is 0.273. The van der Waals surface area contributed by atoms with Crippen LogP contribution in [-0.2, 0) is 10.0 Å². The fraction of sp³-hybridized carbons (Fsp3) is 0.571. The Morgan fingerprint density at radius 2 is 1.81 bits per heavy atom. The minimum absolute atomic E-state index is 0.266. The van der Waals surface area contributed by atoms with E-state index in [1.54, 1.807) is 12.1 Å². The number of benzene rings is 1. The summed E-state index contributed by atoms with van der Waals surface area (Å²) in [6.07, 6.45) is 0. The second-order valence-electron chi connectivity index (χ2n) is 5.83. The fourth-order valence-corrected chi connectivity index (χ4v) is 5.15. The summed E-state index contributed by atoms with van der Waals surface area (Å²) in [6, 6.07) is 3.45. The molecular formula is C14H22Br2N2O2S. The van der Waals surface area contributed by atoms with E-state index in [2.05, 4.69) is 31.9 Å². The lowest BCUT2D eigenvalue weighted by Crippen LogP contribution is -2.42. The molecule has 0 aliphatic carbocycles. The van der Waals surface area contributed by atoms with Crippen LogP contribution in [-0.4, -0.2) is 32.4 Å². The van der Waals surface area contributed by atoms with Gasteiger partial charge in [0.05, 0.1) is 4.90 Å². The third kappa shape index (κ3) is 4.51. The van der Waals surface area contributed by atoms with Crippen molar-refractivity contribution in [3.8, 4) is 0 Å². The highest BCUT2D eigenvalue weighted by Gasteiger charge is 2.30. The minimum atomic E-state index is -3.56. The first kappa shape index (κ1) is 19.1. The summed E-state index contributed by atoms with van der Waals surface area (Å²) in [6.45, 7) is 8.90. The van der Waals surface area contributed by atoms with Crippen LogP contribution >= 0.6 is 31.9 Å². The third-order valence-corrected chi connectivity index (χ3v) is 7.07. The van der Waals surface area contributed by atoms with Gasteiger partial charge in [0.2, 0.25) is 10.0 Å². The molecule has 0 heterocycles. The number of hydrogen-bond donors (Lipinski definition) is 1. The van der Waals surface area contributed by atoms with Crippen molar-refractivity contribution >= 4 is 41.9 Å². The minimum Gasteiger partial charge on any atom is -0.330 e. The number of nitrogens with zero attached hydrogens (tertiary/aromatic N) is 1. The summed E-state index contributed by atoms with van der Waals surface area (Å²) in [7, 11) is -3.56. The molecule has 120 valence electrons. The molecule has 1 aromatic carbocycles. The molecule has 0 unspecified atom stereocenters. The topological polar surface area (TPSA) is 63.4 Å². The predicted octanol–water partition coefficient (Wildman–Crippen LogP) is 3.52. The molecule has 0 saturated carbocycles. The van der Waals surface area contributed by atoms with Crippen molar-refractivity contribution in [2.45, 2.75) is 32.6 Å². The van der Waals surface area contributed by atoms with E-state index >= 15 is 0 Å². The molecule has 0 aliphatic heterocycles. The van der Waals surface area contributed by atoms with Crippen molar-refractivity contribution < 1.29 is 8.42 Å². The zero-order valence-corrected chi connectivity index (χ0v) is 16.8. The van der Waals surface area contributed by atoms with E-state index in [-0.39, 0.29) is 10.3 Å². The highest BCUT2D eigenvalue weighted by Crippen LogP contribution is 2.31. The Bertz CT molecular complexity index is 616. The Kier molecular flexibility index (Phi) is 6.44. The van der Waals surface area contributed by atoms with Crippen LogP contribution < -0.4 is 5.73 Å². The van der Waals surface area contributed by atoms with Gasteiger partial charge in [0.1, 0.15) is 0 Å². The van der Waals surface area contributed by atoms with Gasteiger partial charge in [0.15, 0.2) is 0 Å². The SMILES string of the molecule is CCN(CC(C)(C)CN)S(=O)(=O)c1cc(Br)c(C)cc1Br. The van der Waals surface area contributed by atoms with E-state index in [0.29, 0.717) is 24.1 Å². The molecule has 2 N–H and O–H groups in total. The Morgan fingerprint density at radius 1 is 1.24 bits per heavy atom.